The van der Waals surface area contributed by atoms with Gasteiger partial charge < -0.3 is 10.1 Å². The topological polar surface area (TPSA) is 72.3 Å². The molecule has 0 spiro atoms. The Bertz CT molecular complexity index is 688. The number of anilines is 1. The van der Waals surface area contributed by atoms with Gasteiger partial charge in [-0.1, -0.05) is 11.6 Å². The molecule has 1 aliphatic rings. The highest BCUT2D eigenvalue weighted by Gasteiger charge is 2.22. The van der Waals surface area contributed by atoms with Crippen LogP contribution in [-0.4, -0.2) is 57.9 Å². The summed E-state index contributed by atoms with van der Waals surface area (Å²) in [5.74, 6) is 0.404. The van der Waals surface area contributed by atoms with Gasteiger partial charge in [0, 0.05) is 25.5 Å². The highest BCUT2D eigenvalue weighted by Crippen LogP contribution is 2.11. The molecule has 1 amide bonds. The monoisotopic (exact) mass is 349 g/mol. The zero-order valence-electron chi connectivity index (χ0n) is 13.5. The van der Waals surface area contributed by atoms with Crippen molar-refractivity contribution in [3.05, 3.63) is 41.3 Å². The Morgan fingerprint density at radius 2 is 2.33 bits per heavy atom. The molecule has 2 aromatic rings. The zero-order valence-corrected chi connectivity index (χ0v) is 14.2. The molecule has 128 valence electrons. The Kier molecular flexibility index (Phi) is 5.44. The summed E-state index contributed by atoms with van der Waals surface area (Å²) < 4.78 is 7.65. The van der Waals surface area contributed by atoms with E-state index in [4.69, 9.17) is 16.3 Å². The average Bonchev–Trinajstić information content (AvgIpc) is 2.95. The first kappa shape index (κ1) is 16.9. The fourth-order valence-electron chi connectivity index (χ4n) is 2.65. The lowest BCUT2D eigenvalue weighted by atomic mass is 10.2. The highest BCUT2D eigenvalue weighted by molar-refractivity contribution is 6.30. The Hall–Kier alpha value is -1.96. The molecule has 1 saturated heterocycles. The van der Waals surface area contributed by atoms with Gasteiger partial charge in [0.1, 0.15) is 5.82 Å². The number of aryl methyl sites for hydroxylation is 1. The van der Waals surface area contributed by atoms with Gasteiger partial charge in [0.2, 0.25) is 5.91 Å². The second-order valence-corrected chi connectivity index (χ2v) is 6.31. The number of halogens is 1. The molecule has 3 heterocycles. The molecule has 0 bridgehead atoms. The third-order valence-electron chi connectivity index (χ3n) is 3.74. The first-order valence-corrected chi connectivity index (χ1v) is 8.21. The maximum atomic E-state index is 12.1. The number of pyridine rings is 1. The summed E-state index contributed by atoms with van der Waals surface area (Å²) in [5, 5.41) is 7.59. The van der Waals surface area contributed by atoms with Crippen LogP contribution in [0.15, 0.2) is 30.7 Å². The number of morpholine rings is 1. The van der Waals surface area contributed by atoms with E-state index < -0.39 is 0 Å². The number of ether oxygens (including phenoxy) is 1. The lowest BCUT2D eigenvalue weighted by molar-refractivity contribution is -0.119. The fraction of sp³-hybridized carbons (Fsp3) is 0.438. The molecule has 2 aromatic heterocycles. The molecule has 0 saturated carbocycles. The maximum Gasteiger partial charge on any atom is 0.239 e. The van der Waals surface area contributed by atoms with Gasteiger partial charge in [0.25, 0.3) is 0 Å². The number of nitrogens with zero attached hydrogens (tertiary/aromatic N) is 4. The second kappa shape index (κ2) is 7.74. The Morgan fingerprint density at radius 1 is 1.46 bits per heavy atom. The standard InChI is InChI=1S/C16H20ClN5O2/c1-12-6-19-22(8-12)10-14-9-21(4-5-24-14)11-16(23)20-15-3-2-13(17)7-18-15/h2-3,6-8,14H,4-5,9-11H2,1H3,(H,18,20,23)/t14-/m0/s1. The summed E-state index contributed by atoms with van der Waals surface area (Å²) in [7, 11) is 0. The smallest absolute Gasteiger partial charge is 0.239 e. The van der Waals surface area contributed by atoms with E-state index in [-0.39, 0.29) is 12.0 Å². The number of aromatic nitrogens is 3. The number of carbonyl (C=O) groups excluding carboxylic acids is 1. The zero-order chi connectivity index (χ0) is 16.9. The van der Waals surface area contributed by atoms with E-state index in [1.807, 2.05) is 24.0 Å². The average molecular weight is 350 g/mol. The van der Waals surface area contributed by atoms with Crippen molar-refractivity contribution < 1.29 is 9.53 Å². The van der Waals surface area contributed by atoms with Gasteiger partial charge >= 0.3 is 0 Å². The molecule has 0 aliphatic carbocycles. The van der Waals surface area contributed by atoms with E-state index in [1.165, 1.54) is 6.20 Å². The van der Waals surface area contributed by atoms with Crippen LogP contribution in [0.5, 0.6) is 0 Å². The Balaban J connectivity index is 1.49. The third-order valence-corrected chi connectivity index (χ3v) is 3.96. The second-order valence-electron chi connectivity index (χ2n) is 5.88. The molecule has 1 fully saturated rings. The first-order chi connectivity index (χ1) is 11.6. The molecular weight excluding hydrogens is 330 g/mol. The van der Waals surface area contributed by atoms with Crippen molar-refractivity contribution in [3.8, 4) is 0 Å². The van der Waals surface area contributed by atoms with Crippen LogP contribution in [0.3, 0.4) is 0 Å². The minimum absolute atomic E-state index is 0.0273. The summed E-state index contributed by atoms with van der Waals surface area (Å²) in [6.07, 6.45) is 5.35. The van der Waals surface area contributed by atoms with Crippen LogP contribution in [-0.2, 0) is 16.1 Å². The summed E-state index contributed by atoms with van der Waals surface area (Å²) in [5.41, 5.74) is 1.12. The van der Waals surface area contributed by atoms with Crippen molar-refractivity contribution in [3.63, 3.8) is 0 Å². The number of hydrogen-bond donors (Lipinski definition) is 1. The van der Waals surface area contributed by atoms with Crippen molar-refractivity contribution in [2.45, 2.75) is 19.6 Å². The number of amides is 1. The van der Waals surface area contributed by atoms with E-state index in [1.54, 1.807) is 12.1 Å². The summed E-state index contributed by atoms with van der Waals surface area (Å²) in [4.78, 5) is 18.3. The Labute approximate surface area is 145 Å². The number of hydrogen-bond acceptors (Lipinski definition) is 5. The van der Waals surface area contributed by atoms with E-state index in [9.17, 15) is 4.79 Å². The van der Waals surface area contributed by atoms with E-state index in [0.29, 0.717) is 37.1 Å². The van der Waals surface area contributed by atoms with Crippen molar-refractivity contribution >= 4 is 23.3 Å². The molecule has 1 N–H and O–H groups in total. The normalized spacial score (nSPS) is 18.5. The van der Waals surface area contributed by atoms with Gasteiger partial charge in [-0.2, -0.15) is 5.10 Å². The van der Waals surface area contributed by atoms with Crippen LogP contribution in [0.25, 0.3) is 0 Å². The van der Waals surface area contributed by atoms with Crippen LogP contribution in [0.4, 0.5) is 5.82 Å². The molecule has 1 atom stereocenters. The third kappa shape index (κ3) is 4.77. The van der Waals surface area contributed by atoms with Crippen LogP contribution >= 0.6 is 11.6 Å². The predicted molar refractivity (Wildman–Crippen MR) is 91.0 cm³/mol. The summed E-state index contributed by atoms with van der Waals surface area (Å²) in [6.45, 7) is 5.04. The largest absolute Gasteiger partial charge is 0.374 e. The van der Waals surface area contributed by atoms with Gasteiger partial charge in [-0.25, -0.2) is 4.98 Å². The van der Waals surface area contributed by atoms with Gasteiger partial charge in [0.05, 0.1) is 37.0 Å². The van der Waals surface area contributed by atoms with E-state index in [0.717, 1.165) is 12.1 Å². The predicted octanol–water partition coefficient (Wildman–Crippen LogP) is 1.58. The SMILES string of the molecule is Cc1cnn(C[C@@H]2CN(CC(=O)Nc3ccc(Cl)cn3)CCO2)c1. The molecule has 1 aliphatic heterocycles. The molecule has 0 aromatic carbocycles. The first-order valence-electron chi connectivity index (χ1n) is 7.83. The van der Waals surface area contributed by atoms with Crippen LogP contribution in [0.2, 0.25) is 5.02 Å². The van der Waals surface area contributed by atoms with Crippen LogP contribution in [0, 0.1) is 6.92 Å². The van der Waals surface area contributed by atoms with Crippen molar-refractivity contribution in [1.82, 2.24) is 19.7 Å². The van der Waals surface area contributed by atoms with E-state index in [2.05, 4.69) is 20.3 Å². The molecule has 7 nitrogen and oxygen atoms in total. The number of rotatable bonds is 5. The summed E-state index contributed by atoms with van der Waals surface area (Å²) in [6, 6.07) is 3.38. The number of carbonyl (C=O) groups is 1. The molecular formula is C16H20ClN5O2. The molecule has 24 heavy (non-hydrogen) atoms. The highest BCUT2D eigenvalue weighted by atomic mass is 35.5. The summed E-state index contributed by atoms with van der Waals surface area (Å²) >= 11 is 5.78. The number of nitrogens with one attached hydrogen (secondary N) is 1. The lowest BCUT2D eigenvalue weighted by Gasteiger charge is -2.32. The van der Waals surface area contributed by atoms with Gasteiger partial charge in [-0.05, 0) is 24.6 Å². The quantitative estimate of drug-likeness (QED) is 0.887. The lowest BCUT2D eigenvalue weighted by Crippen LogP contribution is -2.47. The molecule has 0 unspecified atom stereocenters. The molecule has 0 radical (unpaired) electrons. The molecule has 8 heteroatoms. The minimum atomic E-state index is -0.0968. The van der Waals surface area contributed by atoms with Crippen molar-refractivity contribution in [2.24, 2.45) is 0 Å². The van der Waals surface area contributed by atoms with Crippen molar-refractivity contribution in [1.29, 1.82) is 0 Å². The minimum Gasteiger partial charge on any atom is -0.374 e. The van der Waals surface area contributed by atoms with E-state index >= 15 is 0 Å². The van der Waals surface area contributed by atoms with Gasteiger partial charge in [0.15, 0.2) is 0 Å². The van der Waals surface area contributed by atoms with Gasteiger partial charge in [-0.15, -0.1) is 0 Å². The molecule has 3 rings (SSSR count). The Morgan fingerprint density at radius 3 is 3.04 bits per heavy atom. The fourth-order valence-corrected chi connectivity index (χ4v) is 2.76. The maximum absolute atomic E-state index is 12.1. The van der Waals surface area contributed by atoms with Crippen molar-refractivity contribution in [2.75, 3.05) is 31.6 Å². The van der Waals surface area contributed by atoms with Crippen LogP contribution in [0.1, 0.15) is 5.56 Å². The van der Waals surface area contributed by atoms with Crippen LogP contribution < -0.4 is 5.32 Å². The van der Waals surface area contributed by atoms with Gasteiger partial charge in [-0.3, -0.25) is 14.4 Å².